The Morgan fingerprint density at radius 2 is 2.00 bits per heavy atom. The normalized spacial score (nSPS) is 16.1. The molecule has 2 heterocycles. The largest absolute Gasteiger partial charge is 0.497 e. The Bertz CT molecular complexity index is 1050. The maximum absolute atomic E-state index is 12.9. The summed E-state index contributed by atoms with van der Waals surface area (Å²) < 4.78 is 16.1. The standard InChI is InChI=1S/C22H23ClN4O4/c1-29-17-9-10-18(19(12-17)30-2)24-22(28)27-11-3-4-15(13-27)21-25-20(26-31-21)14-5-7-16(23)8-6-14/h5-10,12,15H,3-4,11,13H2,1-2H3,(H,24,28). The van der Waals surface area contributed by atoms with Gasteiger partial charge in [0.1, 0.15) is 11.5 Å². The second-order valence-corrected chi connectivity index (χ2v) is 7.68. The van der Waals surface area contributed by atoms with E-state index in [0.29, 0.717) is 47.0 Å². The summed E-state index contributed by atoms with van der Waals surface area (Å²) in [6, 6.07) is 12.3. The SMILES string of the molecule is COc1ccc(NC(=O)N2CCCC(c3nc(-c4ccc(Cl)cc4)no3)C2)c(OC)c1. The zero-order chi connectivity index (χ0) is 21.8. The molecule has 0 saturated carbocycles. The zero-order valence-corrected chi connectivity index (χ0v) is 18.1. The Labute approximate surface area is 185 Å². The number of amides is 2. The first-order chi connectivity index (χ1) is 15.1. The summed E-state index contributed by atoms with van der Waals surface area (Å²) in [6.07, 6.45) is 1.72. The van der Waals surface area contributed by atoms with Gasteiger partial charge in [-0.1, -0.05) is 16.8 Å². The van der Waals surface area contributed by atoms with Crippen molar-refractivity contribution in [3.63, 3.8) is 0 Å². The summed E-state index contributed by atoms with van der Waals surface area (Å²) in [6.45, 7) is 1.14. The van der Waals surface area contributed by atoms with Gasteiger partial charge in [-0.25, -0.2) is 4.79 Å². The lowest BCUT2D eigenvalue weighted by Crippen LogP contribution is -2.41. The molecule has 1 atom stereocenters. The van der Waals surface area contributed by atoms with Crippen LogP contribution in [-0.2, 0) is 0 Å². The number of nitrogens with one attached hydrogen (secondary N) is 1. The van der Waals surface area contributed by atoms with Gasteiger partial charge >= 0.3 is 6.03 Å². The highest BCUT2D eigenvalue weighted by molar-refractivity contribution is 6.30. The molecule has 2 aromatic carbocycles. The quantitative estimate of drug-likeness (QED) is 0.609. The predicted molar refractivity (Wildman–Crippen MR) is 117 cm³/mol. The Morgan fingerprint density at radius 3 is 2.74 bits per heavy atom. The van der Waals surface area contributed by atoms with Gasteiger partial charge in [0.25, 0.3) is 0 Å². The van der Waals surface area contributed by atoms with Crippen LogP contribution in [0.4, 0.5) is 10.5 Å². The van der Waals surface area contributed by atoms with Crippen LogP contribution in [0.2, 0.25) is 5.02 Å². The topological polar surface area (TPSA) is 89.7 Å². The van der Waals surface area contributed by atoms with Crippen LogP contribution in [0, 0.1) is 0 Å². The molecule has 1 unspecified atom stereocenters. The van der Waals surface area contributed by atoms with Gasteiger partial charge in [-0.05, 0) is 49.2 Å². The van der Waals surface area contributed by atoms with Crippen molar-refractivity contribution in [3.8, 4) is 22.9 Å². The number of urea groups is 1. The van der Waals surface area contributed by atoms with Gasteiger partial charge in [-0.3, -0.25) is 0 Å². The number of carbonyl (C=O) groups excluding carboxylic acids is 1. The number of halogens is 1. The minimum atomic E-state index is -0.203. The fraction of sp³-hybridized carbons (Fsp3) is 0.318. The number of hydrogen-bond donors (Lipinski definition) is 1. The van der Waals surface area contributed by atoms with Crippen LogP contribution < -0.4 is 14.8 Å². The van der Waals surface area contributed by atoms with Crippen LogP contribution in [0.15, 0.2) is 47.0 Å². The van der Waals surface area contributed by atoms with E-state index in [-0.39, 0.29) is 11.9 Å². The van der Waals surface area contributed by atoms with E-state index in [0.717, 1.165) is 18.4 Å². The van der Waals surface area contributed by atoms with Crippen molar-refractivity contribution in [2.24, 2.45) is 0 Å². The lowest BCUT2D eigenvalue weighted by Gasteiger charge is -2.31. The molecule has 9 heteroatoms. The van der Waals surface area contributed by atoms with Gasteiger partial charge in [-0.15, -0.1) is 0 Å². The van der Waals surface area contributed by atoms with Crippen LogP contribution in [0.3, 0.4) is 0 Å². The van der Waals surface area contributed by atoms with E-state index in [2.05, 4.69) is 15.5 Å². The van der Waals surface area contributed by atoms with E-state index in [1.807, 2.05) is 12.1 Å². The van der Waals surface area contributed by atoms with Gasteiger partial charge in [0, 0.05) is 29.7 Å². The third-order valence-electron chi connectivity index (χ3n) is 5.25. The number of aromatic nitrogens is 2. The molecule has 3 aromatic rings. The predicted octanol–water partition coefficient (Wildman–Crippen LogP) is 4.82. The van der Waals surface area contributed by atoms with E-state index in [4.69, 9.17) is 25.6 Å². The average molecular weight is 443 g/mol. The lowest BCUT2D eigenvalue weighted by molar-refractivity contribution is 0.184. The molecule has 1 fully saturated rings. The van der Waals surface area contributed by atoms with Crippen molar-refractivity contribution in [1.29, 1.82) is 0 Å². The van der Waals surface area contributed by atoms with E-state index in [1.165, 1.54) is 0 Å². The third kappa shape index (κ3) is 4.74. The number of piperidine rings is 1. The minimum absolute atomic E-state index is 0.0224. The fourth-order valence-corrected chi connectivity index (χ4v) is 3.70. The Balaban J connectivity index is 1.44. The second kappa shape index (κ2) is 9.26. The van der Waals surface area contributed by atoms with Gasteiger partial charge in [-0.2, -0.15) is 4.98 Å². The second-order valence-electron chi connectivity index (χ2n) is 7.24. The van der Waals surface area contributed by atoms with Crippen molar-refractivity contribution in [3.05, 3.63) is 53.4 Å². The number of hydrogen-bond acceptors (Lipinski definition) is 6. The van der Waals surface area contributed by atoms with Crippen LogP contribution in [0.1, 0.15) is 24.7 Å². The molecule has 1 aliphatic rings. The first kappa shape index (κ1) is 21.0. The number of carbonyl (C=O) groups is 1. The van der Waals surface area contributed by atoms with Crippen molar-refractivity contribution in [2.75, 3.05) is 32.6 Å². The summed E-state index contributed by atoms with van der Waals surface area (Å²) in [5, 5.41) is 7.66. The molecule has 1 aromatic heterocycles. The minimum Gasteiger partial charge on any atom is -0.497 e. The van der Waals surface area contributed by atoms with Gasteiger partial charge in [0.2, 0.25) is 11.7 Å². The number of likely N-dealkylation sites (tertiary alicyclic amines) is 1. The summed E-state index contributed by atoms with van der Waals surface area (Å²) in [5.41, 5.74) is 1.41. The number of rotatable bonds is 5. The van der Waals surface area contributed by atoms with Crippen molar-refractivity contribution in [1.82, 2.24) is 15.0 Å². The maximum Gasteiger partial charge on any atom is 0.321 e. The molecule has 2 amide bonds. The van der Waals surface area contributed by atoms with Gasteiger partial charge in [0.05, 0.1) is 25.8 Å². The molecule has 0 aliphatic carbocycles. The van der Waals surface area contributed by atoms with Crippen LogP contribution in [0.25, 0.3) is 11.4 Å². The first-order valence-corrected chi connectivity index (χ1v) is 10.3. The average Bonchev–Trinajstić information content (AvgIpc) is 3.30. The molecule has 31 heavy (non-hydrogen) atoms. The van der Waals surface area contributed by atoms with E-state index < -0.39 is 0 Å². The lowest BCUT2D eigenvalue weighted by atomic mass is 9.98. The molecule has 1 aliphatic heterocycles. The Kier molecular flexibility index (Phi) is 6.27. The monoisotopic (exact) mass is 442 g/mol. The van der Waals surface area contributed by atoms with Crippen LogP contribution in [-0.4, -0.2) is 48.4 Å². The number of ether oxygens (including phenoxy) is 2. The molecule has 0 radical (unpaired) electrons. The van der Waals surface area contributed by atoms with E-state index in [1.54, 1.807) is 49.5 Å². The maximum atomic E-state index is 12.9. The zero-order valence-electron chi connectivity index (χ0n) is 17.3. The Morgan fingerprint density at radius 1 is 1.19 bits per heavy atom. The summed E-state index contributed by atoms with van der Waals surface area (Å²) in [5.74, 6) is 2.21. The van der Waals surface area contributed by atoms with Crippen LogP contribution in [0.5, 0.6) is 11.5 Å². The fourth-order valence-electron chi connectivity index (χ4n) is 3.58. The first-order valence-electron chi connectivity index (χ1n) is 9.95. The van der Waals surface area contributed by atoms with Crippen LogP contribution >= 0.6 is 11.6 Å². The summed E-state index contributed by atoms with van der Waals surface area (Å²) in [4.78, 5) is 19.2. The number of anilines is 1. The number of nitrogens with zero attached hydrogens (tertiary/aromatic N) is 3. The van der Waals surface area contributed by atoms with Crippen molar-refractivity contribution in [2.45, 2.75) is 18.8 Å². The van der Waals surface area contributed by atoms with E-state index >= 15 is 0 Å². The summed E-state index contributed by atoms with van der Waals surface area (Å²) >= 11 is 5.94. The van der Waals surface area contributed by atoms with Gasteiger partial charge in [0.15, 0.2) is 0 Å². The molecule has 4 rings (SSSR count). The molecule has 0 bridgehead atoms. The highest BCUT2D eigenvalue weighted by atomic mass is 35.5. The van der Waals surface area contributed by atoms with Gasteiger partial charge < -0.3 is 24.2 Å². The Hall–Kier alpha value is -3.26. The smallest absolute Gasteiger partial charge is 0.321 e. The van der Waals surface area contributed by atoms with E-state index in [9.17, 15) is 4.79 Å². The molecule has 0 spiro atoms. The number of methoxy groups -OCH3 is 2. The summed E-state index contributed by atoms with van der Waals surface area (Å²) in [7, 11) is 3.13. The molecular formula is C22H23ClN4O4. The highest BCUT2D eigenvalue weighted by Crippen LogP contribution is 2.31. The van der Waals surface area contributed by atoms with Crippen molar-refractivity contribution >= 4 is 23.3 Å². The molecule has 1 N–H and O–H groups in total. The molecule has 162 valence electrons. The molecule has 8 nitrogen and oxygen atoms in total. The molecular weight excluding hydrogens is 420 g/mol. The highest BCUT2D eigenvalue weighted by Gasteiger charge is 2.29. The van der Waals surface area contributed by atoms with Crippen molar-refractivity contribution < 1.29 is 18.8 Å². The third-order valence-corrected chi connectivity index (χ3v) is 5.50. The molecule has 1 saturated heterocycles. The number of benzene rings is 2.